The highest BCUT2D eigenvalue weighted by atomic mass is 16.5. The van der Waals surface area contributed by atoms with Gasteiger partial charge in [-0.2, -0.15) is 0 Å². The first-order valence-electron chi connectivity index (χ1n) is 6.02. The van der Waals surface area contributed by atoms with E-state index >= 15 is 0 Å². The van der Waals surface area contributed by atoms with Crippen LogP contribution in [0.5, 0.6) is 5.75 Å². The van der Waals surface area contributed by atoms with Crippen molar-refractivity contribution >= 4 is 16.7 Å². The van der Waals surface area contributed by atoms with Crippen LogP contribution in [-0.2, 0) is 4.79 Å². The number of carbonyl (C=O) groups is 1. The van der Waals surface area contributed by atoms with Gasteiger partial charge in [-0.05, 0) is 23.8 Å². The van der Waals surface area contributed by atoms with E-state index in [1.807, 2.05) is 30.3 Å². The maximum atomic E-state index is 11.0. The van der Waals surface area contributed by atoms with Gasteiger partial charge >= 0.3 is 5.97 Å². The SMILES string of the molecule is COc1ccc2ccccc2c1C(O)C(C)C(=O)O. The van der Waals surface area contributed by atoms with Crippen LogP contribution in [-0.4, -0.2) is 23.3 Å². The van der Waals surface area contributed by atoms with Crippen molar-refractivity contribution in [3.05, 3.63) is 42.0 Å². The summed E-state index contributed by atoms with van der Waals surface area (Å²) in [6.07, 6.45) is -1.11. The summed E-state index contributed by atoms with van der Waals surface area (Å²) in [6.45, 7) is 1.48. The molecule has 0 aliphatic carbocycles. The first-order valence-corrected chi connectivity index (χ1v) is 6.02. The van der Waals surface area contributed by atoms with Crippen LogP contribution in [0.15, 0.2) is 36.4 Å². The number of fused-ring (bicyclic) bond motifs is 1. The topological polar surface area (TPSA) is 66.8 Å². The first-order chi connectivity index (χ1) is 9.06. The molecule has 19 heavy (non-hydrogen) atoms. The Morgan fingerprint density at radius 2 is 1.89 bits per heavy atom. The molecule has 0 saturated carbocycles. The van der Waals surface area contributed by atoms with E-state index in [2.05, 4.69) is 0 Å². The summed E-state index contributed by atoms with van der Waals surface area (Å²) in [7, 11) is 1.51. The Morgan fingerprint density at radius 1 is 1.21 bits per heavy atom. The third-order valence-corrected chi connectivity index (χ3v) is 3.31. The number of hydrogen-bond donors (Lipinski definition) is 2. The van der Waals surface area contributed by atoms with E-state index in [9.17, 15) is 9.90 Å². The molecule has 2 aromatic rings. The molecule has 0 aliphatic rings. The monoisotopic (exact) mass is 260 g/mol. The summed E-state index contributed by atoms with van der Waals surface area (Å²) in [6, 6.07) is 11.1. The lowest BCUT2D eigenvalue weighted by Crippen LogP contribution is -2.19. The first kappa shape index (κ1) is 13.4. The molecule has 0 heterocycles. The van der Waals surface area contributed by atoms with Gasteiger partial charge in [0.15, 0.2) is 0 Å². The lowest BCUT2D eigenvalue weighted by Gasteiger charge is -2.20. The molecule has 0 aliphatic heterocycles. The molecule has 2 unspecified atom stereocenters. The second-order valence-corrected chi connectivity index (χ2v) is 4.47. The Bertz CT molecular complexity index is 606. The van der Waals surface area contributed by atoms with Gasteiger partial charge in [0.2, 0.25) is 0 Å². The Kier molecular flexibility index (Phi) is 3.71. The highest BCUT2D eigenvalue weighted by Gasteiger charge is 2.27. The van der Waals surface area contributed by atoms with Crippen molar-refractivity contribution < 1.29 is 19.7 Å². The number of benzene rings is 2. The van der Waals surface area contributed by atoms with Gasteiger partial charge in [-0.25, -0.2) is 0 Å². The second-order valence-electron chi connectivity index (χ2n) is 4.47. The highest BCUT2D eigenvalue weighted by molar-refractivity contribution is 5.88. The minimum Gasteiger partial charge on any atom is -0.496 e. The fourth-order valence-corrected chi connectivity index (χ4v) is 2.14. The Labute approximate surface area is 111 Å². The number of aliphatic hydroxyl groups excluding tert-OH is 1. The van der Waals surface area contributed by atoms with Gasteiger partial charge in [0.05, 0.1) is 19.1 Å². The number of carboxylic acids is 1. The third kappa shape index (κ3) is 2.39. The summed E-state index contributed by atoms with van der Waals surface area (Å²) in [5.74, 6) is -1.44. The van der Waals surface area contributed by atoms with Crippen LogP contribution in [0.4, 0.5) is 0 Å². The van der Waals surface area contributed by atoms with E-state index in [4.69, 9.17) is 9.84 Å². The van der Waals surface area contributed by atoms with Gasteiger partial charge in [-0.15, -0.1) is 0 Å². The quantitative estimate of drug-likeness (QED) is 0.886. The number of aliphatic carboxylic acids is 1. The standard InChI is InChI=1S/C15H16O4/c1-9(15(17)18)14(16)13-11-6-4-3-5-10(11)7-8-12(13)19-2/h3-9,14,16H,1-2H3,(H,17,18). The van der Waals surface area contributed by atoms with Gasteiger partial charge in [0, 0.05) is 5.56 Å². The largest absolute Gasteiger partial charge is 0.496 e. The lowest BCUT2D eigenvalue weighted by atomic mass is 9.92. The molecule has 4 nitrogen and oxygen atoms in total. The van der Waals surface area contributed by atoms with Crippen LogP contribution in [0.2, 0.25) is 0 Å². The van der Waals surface area contributed by atoms with E-state index in [0.29, 0.717) is 11.3 Å². The molecule has 2 aromatic carbocycles. The van der Waals surface area contributed by atoms with Crippen LogP contribution in [0.3, 0.4) is 0 Å². The van der Waals surface area contributed by atoms with Crippen LogP contribution >= 0.6 is 0 Å². The number of methoxy groups -OCH3 is 1. The number of aliphatic hydroxyl groups is 1. The highest BCUT2D eigenvalue weighted by Crippen LogP contribution is 2.36. The zero-order valence-electron chi connectivity index (χ0n) is 10.8. The summed E-state index contributed by atoms with van der Waals surface area (Å²) in [5.41, 5.74) is 0.524. The van der Waals surface area contributed by atoms with Gasteiger partial charge < -0.3 is 14.9 Å². The van der Waals surface area contributed by atoms with Crippen molar-refractivity contribution in [2.24, 2.45) is 5.92 Å². The maximum absolute atomic E-state index is 11.0. The maximum Gasteiger partial charge on any atom is 0.309 e. The molecule has 2 N–H and O–H groups in total. The van der Waals surface area contributed by atoms with Crippen molar-refractivity contribution in [3.63, 3.8) is 0 Å². The van der Waals surface area contributed by atoms with Crippen LogP contribution in [0.1, 0.15) is 18.6 Å². The molecular weight excluding hydrogens is 244 g/mol. The van der Waals surface area contributed by atoms with Crippen molar-refractivity contribution in [2.45, 2.75) is 13.0 Å². The molecule has 2 atom stereocenters. The van der Waals surface area contributed by atoms with Gasteiger partial charge in [-0.1, -0.05) is 30.3 Å². The zero-order valence-corrected chi connectivity index (χ0v) is 10.8. The van der Waals surface area contributed by atoms with Crippen molar-refractivity contribution in [1.82, 2.24) is 0 Å². The van der Waals surface area contributed by atoms with Gasteiger partial charge in [0.1, 0.15) is 5.75 Å². The molecule has 0 spiro atoms. The Balaban J connectivity index is 2.65. The molecule has 0 saturated heterocycles. The summed E-state index contributed by atoms with van der Waals surface area (Å²) in [5, 5.41) is 21.1. The predicted molar refractivity (Wildman–Crippen MR) is 72.3 cm³/mol. The van der Waals surface area contributed by atoms with Gasteiger partial charge in [-0.3, -0.25) is 4.79 Å². The number of hydrogen-bond acceptors (Lipinski definition) is 3. The number of rotatable bonds is 4. The van der Waals surface area contributed by atoms with E-state index in [1.54, 1.807) is 6.07 Å². The summed E-state index contributed by atoms with van der Waals surface area (Å²) < 4.78 is 5.25. The average molecular weight is 260 g/mol. The van der Waals surface area contributed by atoms with Crippen LogP contribution in [0, 0.1) is 5.92 Å². The molecule has 0 fully saturated rings. The fraction of sp³-hybridized carbons (Fsp3) is 0.267. The predicted octanol–water partition coefficient (Wildman–Crippen LogP) is 2.60. The van der Waals surface area contributed by atoms with Gasteiger partial charge in [0.25, 0.3) is 0 Å². The van der Waals surface area contributed by atoms with E-state index in [0.717, 1.165) is 10.8 Å². The van der Waals surface area contributed by atoms with E-state index < -0.39 is 18.0 Å². The van der Waals surface area contributed by atoms with Crippen molar-refractivity contribution in [3.8, 4) is 5.75 Å². The molecule has 100 valence electrons. The fourth-order valence-electron chi connectivity index (χ4n) is 2.14. The third-order valence-electron chi connectivity index (χ3n) is 3.31. The van der Waals surface area contributed by atoms with E-state index in [-0.39, 0.29) is 0 Å². The zero-order chi connectivity index (χ0) is 14.0. The molecule has 0 bridgehead atoms. The van der Waals surface area contributed by atoms with Crippen molar-refractivity contribution in [1.29, 1.82) is 0 Å². The summed E-state index contributed by atoms with van der Waals surface area (Å²) >= 11 is 0. The second kappa shape index (κ2) is 5.28. The molecule has 0 aromatic heterocycles. The molecule has 4 heteroatoms. The molecule has 0 radical (unpaired) electrons. The molecule has 2 rings (SSSR count). The Hall–Kier alpha value is -2.07. The minimum atomic E-state index is -1.11. The minimum absolute atomic E-state index is 0.499. The van der Waals surface area contributed by atoms with Crippen LogP contribution in [0.25, 0.3) is 10.8 Å². The average Bonchev–Trinajstić information content (AvgIpc) is 2.44. The molecular formula is C15H16O4. The van der Waals surface area contributed by atoms with Crippen molar-refractivity contribution in [2.75, 3.05) is 7.11 Å². The van der Waals surface area contributed by atoms with Crippen LogP contribution < -0.4 is 4.74 Å². The Morgan fingerprint density at radius 3 is 2.53 bits per heavy atom. The smallest absolute Gasteiger partial charge is 0.309 e. The number of carboxylic acid groups (broad SMARTS) is 1. The number of ether oxygens (including phenoxy) is 1. The van der Waals surface area contributed by atoms with E-state index in [1.165, 1.54) is 14.0 Å². The molecule has 0 amide bonds. The summed E-state index contributed by atoms with van der Waals surface area (Å²) in [4.78, 5) is 11.0. The normalized spacial score (nSPS) is 14.1. The lowest BCUT2D eigenvalue weighted by molar-refractivity contribution is -0.145.